The van der Waals surface area contributed by atoms with Crippen LogP contribution in [0.25, 0.3) is 0 Å². The van der Waals surface area contributed by atoms with Crippen LogP contribution in [0.3, 0.4) is 0 Å². The summed E-state index contributed by atoms with van der Waals surface area (Å²) < 4.78 is 12.4. The molecule has 1 N–H and O–H groups in total. The fraction of sp³-hybridized carbons (Fsp3) is 0.471. The average Bonchev–Trinajstić information content (AvgIpc) is 2.95. The zero-order valence-electron chi connectivity index (χ0n) is 15.0. The van der Waals surface area contributed by atoms with E-state index in [1.807, 2.05) is 33.9 Å². The van der Waals surface area contributed by atoms with Crippen molar-refractivity contribution in [1.82, 2.24) is 20.0 Å². The predicted octanol–water partition coefficient (Wildman–Crippen LogP) is 1.70. The van der Waals surface area contributed by atoms with Gasteiger partial charge in [-0.2, -0.15) is 5.10 Å². The van der Waals surface area contributed by atoms with E-state index in [1.165, 1.54) is 23.3 Å². The molecule has 0 spiro atoms. The molecule has 2 heterocycles. The van der Waals surface area contributed by atoms with Crippen molar-refractivity contribution >= 4 is 12.0 Å². The molecule has 8 heteroatoms. The van der Waals surface area contributed by atoms with Gasteiger partial charge < -0.3 is 14.8 Å². The summed E-state index contributed by atoms with van der Waals surface area (Å²) in [6.07, 6.45) is 5.64. The van der Waals surface area contributed by atoms with Crippen LogP contribution in [0.4, 0.5) is 4.79 Å². The second-order valence-electron chi connectivity index (χ2n) is 6.55. The zero-order chi connectivity index (χ0) is 18.4. The molecule has 136 valence electrons. The predicted molar refractivity (Wildman–Crippen MR) is 91.2 cm³/mol. The Balaban J connectivity index is 1.89. The Bertz CT molecular complexity index is 685. The normalized spacial score (nSPS) is 14.9. The van der Waals surface area contributed by atoms with Gasteiger partial charge in [0.05, 0.1) is 25.0 Å². The summed E-state index contributed by atoms with van der Waals surface area (Å²) in [5.74, 6) is 0.160. The van der Waals surface area contributed by atoms with Crippen LogP contribution in [0, 0.1) is 0 Å². The SMILES string of the molecule is Cn1nccc1CNC(=O)/C=C/C1=CN(C(=O)OC(C)(C)C)CCO1. The van der Waals surface area contributed by atoms with Crippen molar-refractivity contribution in [3.8, 4) is 0 Å². The molecule has 0 atom stereocenters. The van der Waals surface area contributed by atoms with Gasteiger partial charge in [-0.3, -0.25) is 14.4 Å². The maximum absolute atomic E-state index is 12.1. The number of hydrogen-bond donors (Lipinski definition) is 1. The molecule has 0 saturated carbocycles. The molecule has 0 aromatic carbocycles. The number of aryl methyl sites for hydroxylation is 1. The van der Waals surface area contributed by atoms with E-state index in [0.29, 0.717) is 25.5 Å². The Kier molecular flexibility index (Phi) is 5.84. The van der Waals surface area contributed by atoms with Crippen LogP contribution in [0.2, 0.25) is 0 Å². The number of nitrogens with zero attached hydrogens (tertiary/aromatic N) is 3. The largest absolute Gasteiger partial charge is 0.490 e. The van der Waals surface area contributed by atoms with Crippen molar-refractivity contribution in [2.24, 2.45) is 7.05 Å². The molecule has 0 bridgehead atoms. The van der Waals surface area contributed by atoms with Crippen molar-refractivity contribution < 1.29 is 19.1 Å². The lowest BCUT2D eigenvalue weighted by molar-refractivity contribution is -0.116. The lowest BCUT2D eigenvalue weighted by Crippen LogP contribution is -2.37. The summed E-state index contributed by atoms with van der Waals surface area (Å²) >= 11 is 0. The smallest absolute Gasteiger partial charge is 0.414 e. The molecule has 2 rings (SSSR count). The van der Waals surface area contributed by atoms with Crippen molar-refractivity contribution in [3.05, 3.63) is 42.1 Å². The molecule has 0 fully saturated rings. The van der Waals surface area contributed by atoms with E-state index in [9.17, 15) is 9.59 Å². The number of amides is 2. The highest BCUT2D eigenvalue weighted by Crippen LogP contribution is 2.14. The van der Waals surface area contributed by atoms with Crippen LogP contribution >= 0.6 is 0 Å². The molecule has 25 heavy (non-hydrogen) atoms. The standard InChI is InChI=1S/C17H24N4O4/c1-17(2,3)25-16(23)21-9-10-24-14(12-21)5-6-15(22)18-11-13-7-8-19-20(13)4/h5-8,12H,9-11H2,1-4H3,(H,18,22)/b6-5+. The molecular weight excluding hydrogens is 324 g/mol. The Hall–Kier alpha value is -2.77. The van der Waals surface area contributed by atoms with Gasteiger partial charge in [-0.25, -0.2) is 4.79 Å². The molecule has 2 amide bonds. The van der Waals surface area contributed by atoms with Crippen LogP contribution in [-0.2, 0) is 27.9 Å². The lowest BCUT2D eigenvalue weighted by Gasteiger charge is -2.28. The van der Waals surface area contributed by atoms with Crippen LogP contribution < -0.4 is 5.32 Å². The van der Waals surface area contributed by atoms with Gasteiger partial charge >= 0.3 is 6.09 Å². The first-order valence-electron chi connectivity index (χ1n) is 8.01. The van der Waals surface area contributed by atoms with Crippen molar-refractivity contribution in [2.45, 2.75) is 32.9 Å². The number of aromatic nitrogens is 2. The molecule has 1 aliphatic heterocycles. The molecule has 8 nitrogen and oxygen atoms in total. The monoisotopic (exact) mass is 348 g/mol. The zero-order valence-corrected chi connectivity index (χ0v) is 15.0. The first-order chi connectivity index (χ1) is 11.7. The van der Waals surface area contributed by atoms with Gasteiger partial charge in [0.25, 0.3) is 0 Å². The topological polar surface area (TPSA) is 85.7 Å². The minimum atomic E-state index is -0.565. The molecule has 0 unspecified atom stereocenters. The van der Waals surface area contributed by atoms with Gasteiger partial charge in [0.15, 0.2) is 0 Å². The van der Waals surface area contributed by atoms with Gasteiger partial charge in [-0.15, -0.1) is 0 Å². The third-order valence-electron chi connectivity index (χ3n) is 3.28. The third-order valence-corrected chi connectivity index (χ3v) is 3.28. The Labute approximate surface area is 147 Å². The summed E-state index contributed by atoms with van der Waals surface area (Å²) in [5.41, 5.74) is 0.330. The van der Waals surface area contributed by atoms with Crippen LogP contribution in [0.5, 0.6) is 0 Å². The van der Waals surface area contributed by atoms with Gasteiger partial charge in [-0.05, 0) is 32.9 Å². The van der Waals surface area contributed by atoms with E-state index < -0.39 is 11.7 Å². The van der Waals surface area contributed by atoms with Crippen LogP contribution in [0.15, 0.2) is 36.4 Å². The Morgan fingerprint density at radius 3 is 2.84 bits per heavy atom. The van der Waals surface area contributed by atoms with Gasteiger partial charge in [-0.1, -0.05) is 0 Å². The second-order valence-corrected chi connectivity index (χ2v) is 6.55. The van der Waals surface area contributed by atoms with Crippen molar-refractivity contribution in [3.63, 3.8) is 0 Å². The summed E-state index contributed by atoms with van der Waals surface area (Å²) in [4.78, 5) is 25.4. The minimum absolute atomic E-state index is 0.264. The number of nitrogens with one attached hydrogen (secondary N) is 1. The van der Waals surface area contributed by atoms with Gasteiger partial charge in [0, 0.05) is 19.3 Å². The van der Waals surface area contributed by atoms with Gasteiger partial charge in [0.2, 0.25) is 5.91 Å². The van der Waals surface area contributed by atoms with Crippen molar-refractivity contribution in [2.75, 3.05) is 13.2 Å². The molecular formula is C17H24N4O4. The van der Waals surface area contributed by atoms with E-state index in [1.54, 1.807) is 10.9 Å². The highest BCUT2D eigenvalue weighted by molar-refractivity contribution is 5.87. The van der Waals surface area contributed by atoms with E-state index in [-0.39, 0.29) is 5.91 Å². The fourth-order valence-corrected chi connectivity index (χ4v) is 2.04. The van der Waals surface area contributed by atoms with E-state index in [0.717, 1.165) is 5.69 Å². The second kappa shape index (κ2) is 7.87. The molecule has 0 aliphatic carbocycles. The highest BCUT2D eigenvalue weighted by Gasteiger charge is 2.23. The summed E-state index contributed by atoms with van der Waals surface area (Å²) in [6, 6.07) is 1.83. The Morgan fingerprint density at radius 1 is 1.44 bits per heavy atom. The third kappa shape index (κ3) is 5.98. The highest BCUT2D eigenvalue weighted by atomic mass is 16.6. The molecule has 1 aliphatic rings. The van der Waals surface area contributed by atoms with E-state index in [2.05, 4.69) is 10.4 Å². The summed E-state index contributed by atoms with van der Waals surface area (Å²) in [5, 5.41) is 6.79. The van der Waals surface area contributed by atoms with Crippen molar-refractivity contribution in [1.29, 1.82) is 0 Å². The number of ether oxygens (including phenoxy) is 2. The number of carbonyl (C=O) groups excluding carboxylic acids is 2. The molecule has 1 aromatic rings. The quantitative estimate of drug-likeness (QED) is 0.837. The van der Waals surface area contributed by atoms with Crippen LogP contribution in [0.1, 0.15) is 26.5 Å². The number of carbonyl (C=O) groups is 2. The minimum Gasteiger partial charge on any atom is -0.490 e. The van der Waals surface area contributed by atoms with Crippen LogP contribution in [-0.4, -0.2) is 45.4 Å². The summed E-state index contributed by atoms with van der Waals surface area (Å²) in [6.45, 7) is 6.54. The van der Waals surface area contributed by atoms with E-state index in [4.69, 9.17) is 9.47 Å². The first-order valence-corrected chi connectivity index (χ1v) is 8.01. The van der Waals surface area contributed by atoms with Gasteiger partial charge in [0.1, 0.15) is 18.0 Å². The number of allylic oxidation sites excluding steroid dienone is 1. The number of hydrogen-bond acceptors (Lipinski definition) is 5. The maximum atomic E-state index is 12.1. The first kappa shape index (κ1) is 18.6. The number of rotatable bonds is 4. The molecule has 0 saturated heterocycles. The average molecular weight is 348 g/mol. The fourth-order valence-electron chi connectivity index (χ4n) is 2.04. The molecule has 1 aromatic heterocycles. The van der Waals surface area contributed by atoms with E-state index >= 15 is 0 Å². The Morgan fingerprint density at radius 2 is 2.20 bits per heavy atom. The lowest BCUT2D eigenvalue weighted by atomic mass is 10.2. The summed E-state index contributed by atoms with van der Waals surface area (Å²) in [7, 11) is 1.81. The molecule has 0 radical (unpaired) electrons. The maximum Gasteiger partial charge on any atom is 0.414 e.